The van der Waals surface area contributed by atoms with Gasteiger partial charge in [0.05, 0.1) is 25.8 Å². The van der Waals surface area contributed by atoms with Gasteiger partial charge in [-0.25, -0.2) is 4.79 Å². The molecule has 2 aromatic rings. The highest BCUT2D eigenvalue weighted by Crippen LogP contribution is 2.30. The molecule has 2 N–H and O–H groups in total. The van der Waals surface area contributed by atoms with Crippen molar-refractivity contribution in [3.05, 3.63) is 34.8 Å². The van der Waals surface area contributed by atoms with Crippen molar-refractivity contribution in [2.24, 2.45) is 5.92 Å². The second-order valence-electron chi connectivity index (χ2n) is 6.03. The van der Waals surface area contributed by atoms with E-state index in [2.05, 4.69) is 29.5 Å². The number of anilines is 1. The number of methoxy groups -OCH3 is 1. The van der Waals surface area contributed by atoms with Crippen LogP contribution in [-0.4, -0.2) is 24.7 Å². The van der Waals surface area contributed by atoms with Gasteiger partial charge in [0.15, 0.2) is 11.5 Å². The molecule has 2 rings (SSSR count). The number of rotatable bonds is 9. The topological polar surface area (TPSA) is 72.5 Å². The summed E-state index contributed by atoms with van der Waals surface area (Å²) in [6, 6.07) is 5.08. The van der Waals surface area contributed by atoms with E-state index in [4.69, 9.17) is 9.47 Å². The molecule has 0 radical (unpaired) electrons. The molecule has 0 aliphatic rings. The maximum Gasteiger partial charge on any atom is 0.319 e. The van der Waals surface area contributed by atoms with Crippen LogP contribution in [0.1, 0.15) is 31.6 Å². The molecule has 1 aromatic heterocycles. The Bertz CT molecular complexity index is 660. The van der Waals surface area contributed by atoms with E-state index in [0.717, 1.165) is 17.7 Å². The second kappa shape index (κ2) is 9.88. The van der Waals surface area contributed by atoms with Crippen LogP contribution in [0, 0.1) is 5.92 Å². The van der Waals surface area contributed by atoms with Crippen molar-refractivity contribution >= 4 is 23.1 Å². The average Bonchev–Trinajstić information content (AvgIpc) is 3.10. The molecule has 0 bridgehead atoms. The van der Waals surface area contributed by atoms with Gasteiger partial charge in [0, 0.05) is 22.8 Å². The minimum atomic E-state index is -0.274. The van der Waals surface area contributed by atoms with Gasteiger partial charge in [-0.3, -0.25) is 4.98 Å². The van der Waals surface area contributed by atoms with Crippen LogP contribution in [0.3, 0.4) is 0 Å². The van der Waals surface area contributed by atoms with E-state index < -0.39 is 0 Å². The highest BCUT2D eigenvalue weighted by atomic mass is 32.1. The third-order valence-electron chi connectivity index (χ3n) is 3.51. The summed E-state index contributed by atoms with van der Waals surface area (Å²) >= 11 is 1.50. The Balaban J connectivity index is 1.89. The number of urea groups is 1. The number of ether oxygens (including phenoxy) is 2. The van der Waals surface area contributed by atoms with Crippen molar-refractivity contribution < 1.29 is 14.3 Å². The van der Waals surface area contributed by atoms with Gasteiger partial charge in [-0.05, 0) is 30.9 Å². The van der Waals surface area contributed by atoms with Crippen LogP contribution in [0.25, 0.3) is 0 Å². The second-order valence-corrected chi connectivity index (χ2v) is 7.00. The van der Waals surface area contributed by atoms with Crippen LogP contribution >= 0.6 is 11.3 Å². The lowest BCUT2D eigenvalue weighted by molar-refractivity contribution is 0.252. The molecule has 0 aliphatic heterocycles. The third kappa shape index (κ3) is 6.62. The van der Waals surface area contributed by atoms with Crippen LogP contribution in [0.15, 0.2) is 29.9 Å². The first kappa shape index (κ1) is 19.1. The molecule has 0 atom stereocenters. The summed E-state index contributed by atoms with van der Waals surface area (Å²) in [6.45, 7) is 5.45. The predicted octanol–water partition coefficient (Wildman–Crippen LogP) is 4.29. The molecule has 1 aromatic carbocycles. The summed E-state index contributed by atoms with van der Waals surface area (Å²) in [6.07, 6.45) is 3.83. The summed E-state index contributed by atoms with van der Waals surface area (Å²) < 4.78 is 11.1. The number of amides is 2. The van der Waals surface area contributed by atoms with E-state index >= 15 is 0 Å². The lowest BCUT2D eigenvalue weighted by atomic mass is 10.1. The summed E-state index contributed by atoms with van der Waals surface area (Å²) in [7, 11) is 1.60. The number of hydrogen-bond donors (Lipinski definition) is 2. The molecular weight excluding hydrogens is 338 g/mol. The molecule has 1 heterocycles. The SMILES string of the molecule is COc1ccc(NC(=O)NCc2cncs2)cc1OCCCC(C)C. The Kier molecular flexibility index (Phi) is 7.53. The van der Waals surface area contributed by atoms with E-state index in [1.54, 1.807) is 37.0 Å². The Morgan fingerprint density at radius 3 is 2.84 bits per heavy atom. The minimum Gasteiger partial charge on any atom is -0.493 e. The van der Waals surface area contributed by atoms with Crippen molar-refractivity contribution in [2.45, 2.75) is 33.2 Å². The lowest BCUT2D eigenvalue weighted by Crippen LogP contribution is -2.27. The fraction of sp³-hybridized carbons (Fsp3) is 0.444. The Morgan fingerprint density at radius 2 is 2.16 bits per heavy atom. The first-order valence-electron chi connectivity index (χ1n) is 8.31. The fourth-order valence-electron chi connectivity index (χ4n) is 2.21. The van der Waals surface area contributed by atoms with Crippen LogP contribution in [-0.2, 0) is 6.54 Å². The van der Waals surface area contributed by atoms with Crippen LogP contribution in [0.2, 0.25) is 0 Å². The number of nitrogens with one attached hydrogen (secondary N) is 2. The van der Waals surface area contributed by atoms with Crippen molar-refractivity contribution in [3.8, 4) is 11.5 Å². The molecule has 0 unspecified atom stereocenters. The van der Waals surface area contributed by atoms with Gasteiger partial charge in [0.2, 0.25) is 0 Å². The largest absolute Gasteiger partial charge is 0.493 e. The lowest BCUT2D eigenvalue weighted by Gasteiger charge is -2.13. The molecule has 0 saturated heterocycles. The molecule has 0 aliphatic carbocycles. The summed E-state index contributed by atoms with van der Waals surface area (Å²) in [5, 5.41) is 5.60. The Morgan fingerprint density at radius 1 is 1.32 bits per heavy atom. The Labute approximate surface area is 152 Å². The van der Waals surface area contributed by atoms with Gasteiger partial charge in [-0.15, -0.1) is 11.3 Å². The zero-order valence-electron chi connectivity index (χ0n) is 14.9. The molecule has 2 amide bonds. The van der Waals surface area contributed by atoms with Crippen molar-refractivity contribution in [1.29, 1.82) is 0 Å². The summed E-state index contributed by atoms with van der Waals surface area (Å²) in [4.78, 5) is 17.0. The Hall–Kier alpha value is -2.28. The van der Waals surface area contributed by atoms with Crippen molar-refractivity contribution in [3.63, 3.8) is 0 Å². The highest BCUT2D eigenvalue weighted by Gasteiger charge is 2.09. The standard InChI is InChI=1S/C18H25N3O3S/c1-13(2)5-4-8-24-17-9-14(6-7-16(17)23-3)21-18(22)20-11-15-10-19-12-25-15/h6-7,9-10,12-13H,4-5,8,11H2,1-3H3,(H2,20,21,22). The molecule has 0 saturated carbocycles. The summed E-state index contributed by atoms with van der Waals surface area (Å²) in [5.74, 6) is 1.94. The van der Waals surface area contributed by atoms with Crippen LogP contribution in [0.4, 0.5) is 10.5 Å². The number of nitrogens with zero attached hydrogens (tertiary/aromatic N) is 1. The van der Waals surface area contributed by atoms with Crippen molar-refractivity contribution in [2.75, 3.05) is 19.0 Å². The zero-order valence-corrected chi connectivity index (χ0v) is 15.7. The smallest absolute Gasteiger partial charge is 0.319 e. The third-order valence-corrected chi connectivity index (χ3v) is 4.29. The van der Waals surface area contributed by atoms with Gasteiger partial charge >= 0.3 is 6.03 Å². The van der Waals surface area contributed by atoms with E-state index in [9.17, 15) is 4.79 Å². The molecule has 0 fully saturated rings. The zero-order chi connectivity index (χ0) is 18.1. The minimum absolute atomic E-state index is 0.274. The number of thiazole rings is 1. The van der Waals surface area contributed by atoms with Gasteiger partial charge in [0.25, 0.3) is 0 Å². The monoisotopic (exact) mass is 363 g/mol. The molecule has 0 spiro atoms. The molecular formula is C18H25N3O3S. The predicted molar refractivity (Wildman–Crippen MR) is 101 cm³/mol. The number of hydrogen-bond acceptors (Lipinski definition) is 5. The van der Waals surface area contributed by atoms with Crippen LogP contribution in [0.5, 0.6) is 11.5 Å². The summed E-state index contributed by atoms with van der Waals surface area (Å²) in [5.41, 5.74) is 2.39. The quantitative estimate of drug-likeness (QED) is 0.652. The van der Waals surface area contributed by atoms with Gasteiger partial charge < -0.3 is 20.1 Å². The fourth-order valence-corrected chi connectivity index (χ4v) is 2.75. The van der Waals surface area contributed by atoms with Gasteiger partial charge in [0.1, 0.15) is 0 Å². The molecule has 6 nitrogen and oxygen atoms in total. The van der Waals surface area contributed by atoms with Gasteiger partial charge in [-0.2, -0.15) is 0 Å². The number of carbonyl (C=O) groups excluding carboxylic acids is 1. The first-order chi connectivity index (χ1) is 12.1. The molecule has 25 heavy (non-hydrogen) atoms. The molecule has 7 heteroatoms. The number of benzene rings is 1. The number of carbonyl (C=O) groups is 1. The van der Waals surface area contributed by atoms with E-state index in [0.29, 0.717) is 36.3 Å². The highest BCUT2D eigenvalue weighted by molar-refractivity contribution is 7.09. The number of aromatic nitrogens is 1. The van der Waals surface area contributed by atoms with Crippen molar-refractivity contribution in [1.82, 2.24) is 10.3 Å². The normalized spacial score (nSPS) is 10.6. The van der Waals surface area contributed by atoms with E-state index in [1.807, 2.05) is 0 Å². The maximum absolute atomic E-state index is 12.0. The van der Waals surface area contributed by atoms with E-state index in [-0.39, 0.29) is 6.03 Å². The molecule has 136 valence electrons. The maximum atomic E-state index is 12.0. The first-order valence-corrected chi connectivity index (χ1v) is 9.19. The van der Waals surface area contributed by atoms with Gasteiger partial charge in [-0.1, -0.05) is 13.8 Å². The van der Waals surface area contributed by atoms with Crippen LogP contribution < -0.4 is 20.1 Å². The average molecular weight is 363 g/mol. The van der Waals surface area contributed by atoms with E-state index in [1.165, 1.54) is 11.3 Å².